The Hall–Kier alpha value is -0.910. The fourth-order valence-electron chi connectivity index (χ4n) is 3.89. The van der Waals surface area contributed by atoms with Crippen LogP contribution in [0.5, 0.6) is 0 Å². The minimum atomic E-state index is -3.09. The van der Waals surface area contributed by atoms with Crippen molar-refractivity contribution in [1.29, 1.82) is 0 Å². The van der Waals surface area contributed by atoms with Gasteiger partial charge >= 0.3 is 0 Å². The molecule has 2 fully saturated rings. The third-order valence-corrected chi connectivity index (χ3v) is 6.35. The van der Waals surface area contributed by atoms with Crippen LogP contribution in [0.2, 0.25) is 0 Å². The Morgan fingerprint density at radius 2 is 1.80 bits per heavy atom. The summed E-state index contributed by atoms with van der Waals surface area (Å²) in [5.74, 6) is 0. The van der Waals surface area contributed by atoms with E-state index in [0.29, 0.717) is 13.1 Å². The number of likely N-dealkylation sites (tertiary alicyclic amines) is 1. The van der Waals surface area contributed by atoms with Crippen LogP contribution in [-0.2, 0) is 15.4 Å². The molecule has 2 atom stereocenters. The molecule has 2 heterocycles. The van der Waals surface area contributed by atoms with E-state index in [2.05, 4.69) is 36.2 Å². The van der Waals surface area contributed by atoms with Gasteiger partial charge in [-0.05, 0) is 32.0 Å². The highest BCUT2D eigenvalue weighted by Crippen LogP contribution is 2.45. The topological polar surface area (TPSA) is 40.6 Å². The number of likely N-dealkylation sites (N-methyl/N-ethyl adjacent to an activating group) is 1. The van der Waals surface area contributed by atoms with Gasteiger partial charge < -0.3 is 4.90 Å². The Morgan fingerprint density at radius 1 is 1.15 bits per heavy atom. The van der Waals surface area contributed by atoms with Crippen molar-refractivity contribution in [3.63, 3.8) is 0 Å². The maximum Gasteiger partial charge on any atom is 0.211 e. The zero-order valence-electron chi connectivity index (χ0n) is 12.1. The van der Waals surface area contributed by atoms with Crippen LogP contribution in [0.25, 0.3) is 0 Å². The van der Waals surface area contributed by atoms with Crippen LogP contribution in [0.4, 0.5) is 0 Å². The van der Waals surface area contributed by atoms with Gasteiger partial charge in [0.15, 0.2) is 0 Å². The minimum absolute atomic E-state index is 0.122. The molecular weight excluding hydrogens is 272 g/mol. The van der Waals surface area contributed by atoms with Gasteiger partial charge in [-0.1, -0.05) is 30.3 Å². The predicted octanol–water partition coefficient (Wildman–Crippen LogP) is 1.29. The molecule has 0 saturated carbocycles. The van der Waals surface area contributed by atoms with E-state index in [1.54, 1.807) is 4.31 Å². The first-order valence-corrected chi connectivity index (χ1v) is 8.99. The summed E-state index contributed by atoms with van der Waals surface area (Å²) in [5.41, 5.74) is 1.49. The molecule has 0 radical (unpaired) electrons. The first kappa shape index (κ1) is 14.0. The van der Waals surface area contributed by atoms with Gasteiger partial charge in [0, 0.05) is 24.5 Å². The molecule has 0 amide bonds. The van der Waals surface area contributed by atoms with Gasteiger partial charge in [-0.3, -0.25) is 0 Å². The molecule has 2 aliphatic heterocycles. The normalized spacial score (nSPS) is 32.2. The van der Waals surface area contributed by atoms with Gasteiger partial charge in [0.1, 0.15) is 0 Å². The lowest BCUT2D eigenvalue weighted by Gasteiger charge is -2.45. The number of hydrogen-bond donors (Lipinski definition) is 0. The third-order valence-electron chi connectivity index (χ3n) is 5.08. The van der Waals surface area contributed by atoms with Crippen LogP contribution in [-0.4, -0.2) is 56.6 Å². The van der Waals surface area contributed by atoms with Gasteiger partial charge in [0.2, 0.25) is 10.0 Å². The second kappa shape index (κ2) is 4.83. The van der Waals surface area contributed by atoms with Crippen LogP contribution in [0, 0.1) is 0 Å². The Kier molecular flexibility index (Phi) is 3.39. The highest BCUT2D eigenvalue weighted by atomic mass is 32.2. The smallest absolute Gasteiger partial charge is 0.211 e. The summed E-state index contributed by atoms with van der Waals surface area (Å²) in [6.45, 7) is 2.29. The van der Waals surface area contributed by atoms with E-state index in [-0.39, 0.29) is 11.5 Å². The maximum absolute atomic E-state index is 11.8. The summed E-state index contributed by atoms with van der Waals surface area (Å²) >= 11 is 0. The second-order valence-corrected chi connectivity index (χ2v) is 8.12. The van der Waals surface area contributed by atoms with Crippen molar-refractivity contribution in [3.8, 4) is 0 Å². The zero-order chi connectivity index (χ0) is 14.4. The number of sulfonamides is 1. The molecule has 0 spiro atoms. The van der Waals surface area contributed by atoms with Gasteiger partial charge in [-0.15, -0.1) is 0 Å². The number of piperidine rings is 1. The van der Waals surface area contributed by atoms with Gasteiger partial charge in [-0.2, -0.15) is 0 Å². The number of fused-ring (bicyclic) bond motifs is 1. The molecule has 0 N–H and O–H groups in total. The molecule has 2 aliphatic rings. The van der Waals surface area contributed by atoms with Crippen LogP contribution in [0.1, 0.15) is 18.4 Å². The summed E-state index contributed by atoms with van der Waals surface area (Å²) in [4.78, 5) is 2.32. The van der Waals surface area contributed by atoms with Gasteiger partial charge in [0.05, 0.1) is 6.26 Å². The minimum Gasteiger partial charge on any atom is -0.301 e. The average molecular weight is 294 g/mol. The van der Waals surface area contributed by atoms with Crippen LogP contribution < -0.4 is 0 Å². The fourth-order valence-corrected chi connectivity index (χ4v) is 4.72. The van der Waals surface area contributed by atoms with E-state index >= 15 is 0 Å². The lowest BCUT2D eigenvalue weighted by Crippen LogP contribution is -2.55. The van der Waals surface area contributed by atoms with Crippen molar-refractivity contribution in [2.75, 3.05) is 32.9 Å². The summed E-state index contributed by atoms with van der Waals surface area (Å²) in [6.07, 6.45) is 3.35. The zero-order valence-corrected chi connectivity index (χ0v) is 12.9. The van der Waals surface area contributed by atoms with Crippen molar-refractivity contribution in [1.82, 2.24) is 9.21 Å². The van der Waals surface area contributed by atoms with Gasteiger partial charge in [-0.25, -0.2) is 12.7 Å². The quantitative estimate of drug-likeness (QED) is 0.825. The van der Waals surface area contributed by atoms with E-state index < -0.39 is 10.0 Å². The standard InChI is InChI=1S/C15H22N2O2S/c1-16-10-8-15(13-6-4-3-5-7-13)9-11-17(12-14(15)16)20(2,18)19/h3-7,14H,8-12H2,1-2H3/t14-,15-/m1/s1. The second-order valence-electron chi connectivity index (χ2n) is 6.14. The molecule has 20 heavy (non-hydrogen) atoms. The van der Waals surface area contributed by atoms with Crippen molar-refractivity contribution in [2.45, 2.75) is 24.3 Å². The van der Waals surface area contributed by atoms with E-state index in [4.69, 9.17) is 0 Å². The van der Waals surface area contributed by atoms with Crippen LogP contribution >= 0.6 is 0 Å². The predicted molar refractivity (Wildman–Crippen MR) is 80.2 cm³/mol. The summed E-state index contributed by atoms with van der Waals surface area (Å²) in [7, 11) is -0.978. The number of benzene rings is 1. The van der Waals surface area contributed by atoms with E-state index in [0.717, 1.165) is 19.4 Å². The molecule has 0 bridgehead atoms. The molecule has 1 aromatic rings. The molecule has 5 heteroatoms. The fraction of sp³-hybridized carbons (Fsp3) is 0.600. The molecule has 3 rings (SSSR count). The summed E-state index contributed by atoms with van der Waals surface area (Å²) in [6, 6.07) is 10.9. The van der Waals surface area contributed by atoms with Crippen molar-refractivity contribution < 1.29 is 8.42 Å². The Balaban J connectivity index is 1.97. The molecule has 0 unspecified atom stereocenters. The van der Waals surface area contributed by atoms with E-state index in [1.807, 2.05) is 6.07 Å². The SMILES string of the molecule is CN1CC[C@]2(c3ccccc3)CCN(S(C)(=O)=O)C[C@@H]12. The first-order chi connectivity index (χ1) is 9.43. The van der Waals surface area contributed by atoms with Crippen molar-refractivity contribution >= 4 is 10.0 Å². The highest BCUT2D eigenvalue weighted by molar-refractivity contribution is 7.88. The largest absolute Gasteiger partial charge is 0.301 e. The highest BCUT2D eigenvalue weighted by Gasteiger charge is 2.51. The lowest BCUT2D eigenvalue weighted by atomic mass is 9.70. The Morgan fingerprint density at radius 3 is 2.45 bits per heavy atom. The maximum atomic E-state index is 11.8. The number of hydrogen-bond acceptors (Lipinski definition) is 3. The van der Waals surface area contributed by atoms with Crippen molar-refractivity contribution in [2.24, 2.45) is 0 Å². The monoisotopic (exact) mass is 294 g/mol. The molecule has 0 aliphatic carbocycles. The number of nitrogens with zero attached hydrogens (tertiary/aromatic N) is 2. The molecule has 1 aromatic carbocycles. The van der Waals surface area contributed by atoms with E-state index in [1.165, 1.54) is 11.8 Å². The van der Waals surface area contributed by atoms with Crippen LogP contribution in [0.15, 0.2) is 30.3 Å². The lowest BCUT2D eigenvalue weighted by molar-refractivity contribution is 0.147. The first-order valence-electron chi connectivity index (χ1n) is 7.14. The molecule has 110 valence electrons. The summed E-state index contributed by atoms with van der Waals surface area (Å²) < 4.78 is 25.3. The van der Waals surface area contributed by atoms with Crippen molar-refractivity contribution in [3.05, 3.63) is 35.9 Å². The van der Waals surface area contributed by atoms with Gasteiger partial charge in [0.25, 0.3) is 0 Å². The molecule has 4 nitrogen and oxygen atoms in total. The van der Waals surface area contributed by atoms with Crippen LogP contribution in [0.3, 0.4) is 0 Å². The average Bonchev–Trinajstić information content (AvgIpc) is 2.77. The van der Waals surface area contributed by atoms with E-state index in [9.17, 15) is 8.42 Å². The molecular formula is C15H22N2O2S. The third kappa shape index (κ3) is 2.18. The Bertz CT molecular complexity index is 587. The number of rotatable bonds is 2. The summed E-state index contributed by atoms with van der Waals surface area (Å²) in [5, 5.41) is 0. The Labute approximate surface area is 121 Å². The molecule has 0 aromatic heterocycles. The molecule has 2 saturated heterocycles.